The third kappa shape index (κ3) is 2.95. The highest BCUT2D eigenvalue weighted by molar-refractivity contribution is 5.29. The molecule has 1 saturated heterocycles. The van der Waals surface area contributed by atoms with Crippen LogP contribution in [0.25, 0.3) is 0 Å². The van der Waals surface area contributed by atoms with Gasteiger partial charge in [-0.2, -0.15) is 0 Å². The van der Waals surface area contributed by atoms with Gasteiger partial charge < -0.3 is 20.5 Å². The monoisotopic (exact) mass is 222 g/mol. The molecule has 1 aliphatic heterocycles. The van der Waals surface area contributed by atoms with E-state index in [1.807, 2.05) is 12.1 Å². The fraction of sp³-hybridized carbons (Fsp3) is 0.500. The van der Waals surface area contributed by atoms with Crippen LogP contribution in [-0.2, 0) is 0 Å². The molecule has 4 heteroatoms. The molecule has 0 spiro atoms. The van der Waals surface area contributed by atoms with E-state index in [-0.39, 0.29) is 6.61 Å². The summed E-state index contributed by atoms with van der Waals surface area (Å²) in [5, 5.41) is 15.5. The highest BCUT2D eigenvalue weighted by Crippen LogP contribution is 2.18. The number of benzene rings is 1. The van der Waals surface area contributed by atoms with E-state index < -0.39 is 0 Å². The van der Waals surface area contributed by atoms with Crippen molar-refractivity contribution in [2.75, 3.05) is 32.8 Å². The number of aliphatic hydroxyl groups is 1. The van der Waals surface area contributed by atoms with E-state index in [1.165, 1.54) is 5.56 Å². The normalized spacial score (nSPS) is 20.7. The van der Waals surface area contributed by atoms with Gasteiger partial charge in [0.05, 0.1) is 6.61 Å². The molecule has 0 aromatic heterocycles. The number of hydrogen-bond donors (Lipinski definition) is 3. The van der Waals surface area contributed by atoms with Gasteiger partial charge in [-0.1, -0.05) is 12.1 Å². The summed E-state index contributed by atoms with van der Waals surface area (Å²) in [5.41, 5.74) is 1.27. The average molecular weight is 222 g/mol. The molecule has 1 aromatic rings. The van der Waals surface area contributed by atoms with Crippen molar-refractivity contribution < 1.29 is 9.84 Å². The molecule has 1 fully saturated rings. The molecule has 3 N–H and O–H groups in total. The lowest BCUT2D eigenvalue weighted by Gasteiger charge is -2.24. The van der Waals surface area contributed by atoms with Crippen LogP contribution in [0.4, 0.5) is 0 Å². The molecule has 1 heterocycles. The zero-order chi connectivity index (χ0) is 11.2. The molecule has 0 radical (unpaired) electrons. The molecule has 4 nitrogen and oxygen atoms in total. The number of aliphatic hydroxyl groups excluding tert-OH is 1. The Labute approximate surface area is 95.6 Å². The summed E-state index contributed by atoms with van der Waals surface area (Å²) in [5.74, 6) is 0.807. The van der Waals surface area contributed by atoms with Gasteiger partial charge in [0.25, 0.3) is 0 Å². The van der Waals surface area contributed by atoms with Crippen LogP contribution in [0.5, 0.6) is 5.75 Å². The standard InChI is InChI=1S/C12H18N2O2/c15-7-8-16-11-3-1-10(2-4-11)12-9-13-5-6-14-12/h1-4,12-15H,5-9H2/t12-/m1/s1. The van der Waals surface area contributed by atoms with Gasteiger partial charge in [-0.25, -0.2) is 0 Å². The van der Waals surface area contributed by atoms with Gasteiger partial charge in [-0.15, -0.1) is 0 Å². The summed E-state index contributed by atoms with van der Waals surface area (Å²) in [4.78, 5) is 0. The van der Waals surface area contributed by atoms with Crippen LogP contribution >= 0.6 is 0 Å². The second-order valence-electron chi connectivity index (χ2n) is 3.85. The van der Waals surface area contributed by atoms with Gasteiger partial charge in [0, 0.05) is 25.7 Å². The highest BCUT2D eigenvalue weighted by atomic mass is 16.5. The molecule has 88 valence electrons. The second-order valence-corrected chi connectivity index (χ2v) is 3.85. The predicted octanol–water partition coefficient (Wildman–Crippen LogP) is 0.292. The predicted molar refractivity (Wildman–Crippen MR) is 62.6 cm³/mol. The first kappa shape index (κ1) is 11.4. The molecule has 16 heavy (non-hydrogen) atoms. The topological polar surface area (TPSA) is 53.5 Å². The molecule has 0 bridgehead atoms. The summed E-state index contributed by atoms with van der Waals surface area (Å²) in [6, 6.07) is 8.41. The van der Waals surface area contributed by atoms with E-state index in [0.29, 0.717) is 12.6 Å². The number of piperazine rings is 1. The largest absolute Gasteiger partial charge is 0.491 e. The van der Waals surface area contributed by atoms with Gasteiger partial charge in [-0.3, -0.25) is 0 Å². The van der Waals surface area contributed by atoms with Crippen LogP contribution in [0.2, 0.25) is 0 Å². The Morgan fingerprint density at radius 1 is 1.25 bits per heavy atom. The first-order chi connectivity index (χ1) is 7.90. The van der Waals surface area contributed by atoms with E-state index in [1.54, 1.807) is 0 Å². The molecular formula is C12H18N2O2. The lowest BCUT2D eigenvalue weighted by Crippen LogP contribution is -2.42. The molecule has 0 saturated carbocycles. The van der Waals surface area contributed by atoms with Crippen molar-refractivity contribution in [3.05, 3.63) is 29.8 Å². The van der Waals surface area contributed by atoms with E-state index in [2.05, 4.69) is 22.8 Å². The minimum Gasteiger partial charge on any atom is -0.491 e. The number of nitrogens with one attached hydrogen (secondary N) is 2. The number of ether oxygens (including phenoxy) is 1. The zero-order valence-corrected chi connectivity index (χ0v) is 9.28. The Hall–Kier alpha value is -1.10. The number of hydrogen-bond acceptors (Lipinski definition) is 4. The van der Waals surface area contributed by atoms with Gasteiger partial charge in [0.1, 0.15) is 12.4 Å². The van der Waals surface area contributed by atoms with E-state index in [0.717, 1.165) is 25.4 Å². The Morgan fingerprint density at radius 2 is 2.06 bits per heavy atom. The SMILES string of the molecule is OCCOc1ccc([C@H]2CNCCN2)cc1. The van der Waals surface area contributed by atoms with Crippen molar-refractivity contribution in [3.8, 4) is 5.75 Å². The molecule has 2 rings (SSSR count). The van der Waals surface area contributed by atoms with Crippen LogP contribution in [0, 0.1) is 0 Å². The highest BCUT2D eigenvalue weighted by Gasteiger charge is 2.13. The summed E-state index contributed by atoms with van der Waals surface area (Å²) < 4.78 is 5.31. The number of rotatable bonds is 4. The molecule has 0 amide bonds. The van der Waals surface area contributed by atoms with Crippen molar-refractivity contribution in [1.82, 2.24) is 10.6 Å². The lowest BCUT2D eigenvalue weighted by molar-refractivity contribution is 0.201. The van der Waals surface area contributed by atoms with Crippen molar-refractivity contribution >= 4 is 0 Å². The molecule has 1 atom stereocenters. The fourth-order valence-corrected chi connectivity index (χ4v) is 1.85. The summed E-state index contributed by atoms with van der Waals surface area (Å²) >= 11 is 0. The minimum absolute atomic E-state index is 0.0514. The Morgan fingerprint density at radius 3 is 2.69 bits per heavy atom. The zero-order valence-electron chi connectivity index (χ0n) is 9.28. The maximum Gasteiger partial charge on any atom is 0.119 e. The third-order valence-corrected chi connectivity index (χ3v) is 2.68. The maximum absolute atomic E-state index is 8.64. The summed E-state index contributed by atoms with van der Waals surface area (Å²) in [6.07, 6.45) is 0. The van der Waals surface area contributed by atoms with E-state index in [9.17, 15) is 0 Å². The average Bonchev–Trinajstić information content (AvgIpc) is 2.38. The van der Waals surface area contributed by atoms with Crippen LogP contribution < -0.4 is 15.4 Å². The van der Waals surface area contributed by atoms with Crippen molar-refractivity contribution in [3.63, 3.8) is 0 Å². The van der Waals surface area contributed by atoms with E-state index >= 15 is 0 Å². The summed E-state index contributed by atoms with van der Waals surface area (Å²) in [6.45, 7) is 3.41. The first-order valence-electron chi connectivity index (χ1n) is 5.68. The molecule has 0 aliphatic carbocycles. The van der Waals surface area contributed by atoms with E-state index in [4.69, 9.17) is 9.84 Å². The Bertz CT molecular complexity index is 307. The van der Waals surface area contributed by atoms with Gasteiger partial charge in [0.2, 0.25) is 0 Å². The lowest BCUT2D eigenvalue weighted by atomic mass is 10.1. The van der Waals surface area contributed by atoms with Gasteiger partial charge in [-0.05, 0) is 17.7 Å². The second kappa shape index (κ2) is 5.84. The Kier molecular flexibility index (Phi) is 4.16. The fourth-order valence-electron chi connectivity index (χ4n) is 1.85. The van der Waals surface area contributed by atoms with Crippen molar-refractivity contribution in [2.24, 2.45) is 0 Å². The molecule has 0 unspecified atom stereocenters. The molecular weight excluding hydrogens is 204 g/mol. The first-order valence-corrected chi connectivity index (χ1v) is 5.68. The Balaban J connectivity index is 1.95. The van der Waals surface area contributed by atoms with Gasteiger partial charge in [0.15, 0.2) is 0 Å². The van der Waals surface area contributed by atoms with Crippen molar-refractivity contribution in [2.45, 2.75) is 6.04 Å². The van der Waals surface area contributed by atoms with Crippen LogP contribution in [0.3, 0.4) is 0 Å². The van der Waals surface area contributed by atoms with Crippen LogP contribution in [0.15, 0.2) is 24.3 Å². The molecule has 1 aromatic carbocycles. The van der Waals surface area contributed by atoms with Gasteiger partial charge >= 0.3 is 0 Å². The molecule has 1 aliphatic rings. The third-order valence-electron chi connectivity index (χ3n) is 2.68. The van der Waals surface area contributed by atoms with Crippen molar-refractivity contribution in [1.29, 1.82) is 0 Å². The summed E-state index contributed by atoms with van der Waals surface area (Å²) in [7, 11) is 0. The minimum atomic E-state index is 0.0514. The smallest absolute Gasteiger partial charge is 0.119 e. The maximum atomic E-state index is 8.64. The quantitative estimate of drug-likeness (QED) is 0.685. The van der Waals surface area contributed by atoms with Crippen LogP contribution in [-0.4, -0.2) is 38.0 Å². The van der Waals surface area contributed by atoms with Crippen LogP contribution in [0.1, 0.15) is 11.6 Å².